The maximum absolute atomic E-state index is 2.44. The van der Waals surface area contributed by atoms with Gasteiger partial charge in [0.1, 0.15) is 0 Å². The molecule has 1 nitrogen and oxygen atoms in total. The van der Waals surface area contributed by atoms with Crippen molar-refractivity contribution in [2.24, 2.45) is 0 Å². The maximum Gasteiger partial charge on any atom is 0.0547 e. The van der Waals surface area contributed by atoms with Crippen molar-refractivity contribution in [2.75, 3.05) is 4.90 Å². The molecule has 0 aliphatic carbocycles. The van der Waals surface area contributed by atoms with Crippen LogP contribution >= 0.6 is 11.3 Å². The summed E-state index contributed by atoms with van der Waals surface area (Å²) < 4.78 is 2.64. The van der Waals surface area contributed by atoms with Gasteiger partial charge in [-0.15, -0.1) is 11.3 Å². The van der Waals surface area contributed by atoms with Crippen LogP contribution in [0.1, 0.15) is 0 Å². The number of nitrogens with zero attached hydrogens (tertiary/aromatic N) is 1. The Hall–Kier alpha value is -5.18. The Morgan fingerprint density at radius 3 is 1.71 bits per heavy atom. The number of anilines is 3. The monoisotopic (exact) mass is 553 g/mol. The summed E-state index contributed by atoms with van der Waals surface area (Å²) in [6, 6.07) is 59.0. The molecule has 0 atom stereocenters. The Balaban J connectivity index is 1.49. The molecule has 0 saturated heterocycles. The number of rotatable bonds is 5. The molecule has 0 fully saturated rings. The fourth-order valence-corrected chi connectivity index (χ4v) is 7.44. The number of fused-ring (bicyclic) bond motifs is 5. The highest BCUT2D eigenvalue weighted by atomic mass is 32.1. The molecule has 0 amide bonds. The molecule has 1 aromatic heterocycles. The van der Waals surface area contributed by atoms with Crippen molar-refractivity contribution in [3.63, 3.8) is 0 Å². The van der Waals surface area contributed by atoms with Gasteiger partial charge in [-0.3, -0.25) is 0 Å². The lowest BCUT2D eigenvalue weighted by Gasteiger charge is -2.29. The molecule has 0 N–H and O–H groups in total. The highest BCUT2D eigenvalue weighted by Crippen LogP contribution is 2.49. The standard InChI is InChI=1S/C40H27NS/c1-4-15-28(16-5-1)31-21-12-13-25-36(31)41(30-19-8-3-9-20-30)37-27-35-39-32(29-17-6-2-7-18-29)24-14-26-38(39)42-40(35)34-23-11-10-22-33(34)37/h1-27H. The topological polar surface area (TPSA) is 3.24 Å². The molecule has 0 unspecified atom stereocenters. The van der Waals surface area contributed by atoms with E-state index >= 15 is 0 Å². The third-order valence-electron chi connectivity index (χ3n) is 8.05. The second-order valence-corrected chi connectivity index (χ2v) is 11.6. The quantitative estimate of drug-likeness (QED) is 0.205. The smallest absolute Gasteiger partial charge is 0.0547 e. The first-order chi connectivity index (χ1) is 20.9. The van der Waals surface area contributed by atoms with E-state index in [4.69, 9.17) is 0 Å². The van der Waals surface area contributed by atoms with Gasteiger partial charge < -0.3 is 4.90 Å². The van der Waals surface area contributed by atoms with Crippen molar-refractivity contribution >= 4 is 59.3 Å². The zero-order valence-corrected chi connectivity index (χ0v) is 23.8. The van der Waals surface area contributed by atoms with Crippen molar-refractivity contribution in [2.45, 2.75) is 0 Å². The van der Waals surface area contributed by atoms with E-state index in [9.17, 15) is 0 Å². The highest BCUT2D eigenvalue weighted by molar-refractivity contribution is 7.26. The Bertz CT molecular complexity index is 2180. The molecule has 0 radical (unpaired) electrons. The van der Waals surface area contributed by atoms with Crippen molar-refractivity contribution in [1.29, 1.82) is 0 Å². The van der Waals surface area contributed by atoms with Gasteiger partial charge in [-0.2, -0.15) is 0 Å². The Kier molecular flexibility index (Phi) is 6.05. The first-order valence-corrected chi connectivity index (χ1v) is 15.1. The molecule has 0 saturated carbocycles. The molecule has 8 aromatic rings. The number of hydrogen-bond donors (Lipinski definition) is 0. The SMILES string of the molecule is c1ccc(-c2ccccc2N(c2ccccc2)c2cc3c(sc4cccc(-c5ccccc5)c43)c3ccccc23)cc1. The maximum atomic E-state index is 2.44. The molecule has 0 spiro atoms. The van der Waals surface area contributed by atoms with Gasteiger partial charge in [0.05, 0.1) is 11.4 Å². The van der Waals surface area contributed by atoms with E-state index in [1.54, 1.807) is 0 Å². The van der Waals surface area contributed by atoms with Gasteiger partial charge in [0.2, 0.25) is 0 Å². The van der Waals surface area contributed by atoms with E-state index in [0.717, 1.165) is 11.4 Å². The van der Waals surface area contributed by atoms with Crippen LogP contribution in [0.3, 0.4) is 0 Å². The van der Waals surface area contributed by atoms with E-state index in [0.29, 0.717) is 0 Å². The summed E-state index contributed by atoms with van der Waals surface area (Å²) in [5.74, 6) is 0. The number of hydrogen-bond acceptors (Lipinski definition) is 2. The lowest BCUT2D eigenvalue weighted by Crippen LogP contribution is -2.11. The molecule has 0 aliphatic heterocycles. The summed E-state index contributed by atoms with van der Waals surface area (Å²) >= 11 is 1.89. The third kappa shape index (κ3) is 4.08. The Labute approximate surface area is 249 Å². The van der Waals surface area contributed by atoms with Gasteiger partial charge in [0.15, 0.2) is 0 Å². The van der Waals surface area contributed by atoms with Crippen LogP contribution in [0.4, 0.5) is 17.1 Å². The number of thiophene rings is 1. The van der Waals surface area contributed by atoms with Crippen LogP contribution in [0, 0.1) is 0 Å². The van der Waals surface area contributed by atoms with Crippen LogP contribution in [0.25, 0.3) is 53.2 Å². The Morgan fingerprint density at radius 2 is 0.976 bits per heavy atom. The zero-order valence-electron chi connectivity index (χ0n) is 22.9. The summed E-state index contributed by atoms with van der Waals surface area (Å²) in [5, 5.41) is 5.13. The van der Waals surface area contributed by atoms with E-state index in [1.807, 2.05) is 11.3 Å². The summed E-state index contributed by atoms with van der Waals surface area (Å²) in [7, 11) is 0. The highest BCUT2D eigenvalue weighted by Gasteiger charge is 2.22. The average molecular weight is 554 g/mol. The number of benzene rings is 7. The van der Waals surface area contributed by atoms with Gasteiger partial charge in [0, 0.05) is 42.2 Å². The molecule has 8 rings (SSSR count). The molecule has 198 valence electrons. The van der Waals surface area contributed by atoms with E-state index < -0.39 is 0 Å². The van der Waals surface area contributed by atoms with Crippen molar-refractivity contribution in [1.82, 2.24) is 0 Å². The minimum absolute atomic E-state index is 1.13. The van der Waals surface area contributed by atoms with Crippen LogP contribution < -0.4 is 4.90 Å². The van der Waals surface area contributed by atoms with Gasteiger partial charge in [-0.1, -0.05) is 133 Å². The van der Waals surface area contributed by atoms with Gasteiger partial charge >= 0.3 is 0 Å². The van der Waals surface area contributed by atoms with Gasteiger partial charge in [-0.05, 0) is 47.0 Å². The molecule has 2 heteroatoms. The third-order valence-corrected chi connectivity index (χ3v) is 9.25. The van der Waals surface area contributed by atoms with Crippen LogP contribution in [0.2, 0.25) is 0 Å². The minimum Gasteiger partial charge on any atom is -0.309 e. The molecular formula is C40H27NS. The lowest BCUT2D eigenvalue weighted by molar-refractivity contribution is 1.30. The number of para-hydroxylation sites is 2. The van der Waals surface area contributed by atoms with Crippen LogP contribution in [-0.4, -0.2) is 0 Å². The van der Waals surface area contributed by atoms with Gasteiger partial charge in [0.25, 0.3) is 0 Å². The van der Waals surface area contributed by atoms with E-state index in [-0.39, 0.29) is 0 Å². The average Bonchev–Trinajstić information content (AvgIpc) is 3.46. The van der Waals surface area contributed by atoms with Crippen LogP contribution in [-0.2, 0) is 0 Å². The molecule has 0 bridgehead atoms. The first kappa shape index (κ1) is 24.6. The molecule has 42 heavy (non-hydrogen) atoms. The van der Waals surface area contributed by atoms with E-state index in [2.05, 4.69) is 169 Å². The second kappa shape index (κ2) is 10.3. The summed E-state index contributed by atoms with van der Waals surface area (Å²) in [5.41, 5.74) is 8.38. The summed E-state index contributed by atoms with van der Waals surface area (Å²) in [6.07, 6.45) is 0. The van der Waals surface area contributed by atoms with E-state index in [1.165, 1.54) is 58.9 Å². The fourth-order valence-electron chi connectivity index (χ4n) is 6.19. The lowest BCUT2D eigenvalue weighted by atomic mass is 9.96. The van der Waals surface area contributed by atoms with Crippen molar-refractivity contribution in [3.8, 4) is 22.3 Å². The second-order valence-electron chi connectivity index (χ2n) is 10.5. The minimum atomic E-state index is 1.13. The Morgan fingerprint density at radius 1 is 0.405 bits per heavy atom. The van der Waals surface area contributed by atoms with Crippen molar-refractivity contribution < 1.29 is 0 Å². The predicted octanol–water partition coefficient (Wildman–Crippen LogP) is 12.0. The molecule has 7 aromatic carbocycles. The predicted molar refractivity (Wildman–Crippen MR) is 182 cm³/mol. The normalized spacial score (nSPS) is 11.3. The summed E-state index contributed by atoms with van der Waals surface area (Å²) in [4.78, 5) is 2.44. The van der Waals surface area contributed by atoms with Crippen molar-refractivity contribution in [3.05, 3.63) is 164 Å². The largest absolute Gasteiger partial charge is 0.309 e. The fraction of sp³-hybridized carbons (Fsp3) is 0. The van der Waals surface area contributed by atoms with Crippen LogP contribution in [0.5, 0.6) is 0 Å². The van der Waals surface area contributed by atoms with Gasteiger partial charge in [-0.25, -0.2) is 0 Å². The molecule has 1 heterocycles. The summed E-state index contributed by atoms with van der Waals surface area (Å²) in [6.45, 7) is 0. The van der Waals surface area contributed by atoms with Crippen LogP contribution in [0.15, 0.2) is 164 Å². The zero-order chi connectivity index (χ0) is 27.9. The molecular weight excluding hydrogens is 527 g/mol. The molecule has 0 aliphatic rings. The first-order valence-electron chi connectivity index (χ1n) is 14.3.